The van der Waals surface area contributed by atoms with Gasteiger partial charge >= 0.3 is 0 Å². The van der Waals surface area contributed by atoms with E-state index in [1.165, 1.54) is 17.9 Å². The minimum absolute atomic E-state index is 0.567. The van der Waals surface area contributed by atoms with Crippen LogP contribution in [0.4, 0.5) is 0 Å². The van der Waals surface area contributed by atoms with Gasteiger partial charge in [0, 0.05) is 13.1 Å². The van der Waals surface area contributed by atoms with Crippen LogP contribution in [-0.2, 0) is 0 Å². The summed E-state index contributed by atoms with van der Waals surface area (Å²) in [6.07, 6.45) is 1.31. The lowest BCUT2D eigenvalue weighted by molar-refractivity contribution is 0.571. The van der Waals surface area contributed by atoms with Gasteiger partial charge in [-0.05, 0) is 29.8 Å². The monoisotopic (exact) mass is 230 g/mol. The maximum absolute atomic E-state index is 5.40. The van der Waals surface area contributed by atoms with Crippen molar-refractivity contribution in [2.45, 2.75) is 20.3 Å². The third-order valence-electron chi connectivity index (χ3n) is 2.33. The summed E-state index contributed by atoms with van der Waals surface area (Å²) in [6.45, 7) is 6.08. The molecule has 0 saturated carbocycles. The molecule has 0 aromatic rings. The normalized spacial score (nSPS) is 22.1. The maximum Gasteiger partial charge on any atom is 0.205 e. The van der Waals surface area contributed by atoms with Crippen molar-refractivity contribution in [3.8, 4) is 0 Å². The van der Waals surface area contributed by atoms with Crippen LogP contribution in [0.1, 0.15) is 20.3 Å². The highest BCUT2D eigenvalue weighted by Crippen LogP contribution is 2.22. The van der Waals surface area contributed by atoms with Gasteiger partial charge in [-0.3, -0.25) is 10.4 Å². The molecule has 4 N–H and O–H groups in total. The van der Waals surface area contributed by atoms with Gasteiger partial charge in [0.25, 0.3) is 0 Å². The third-order valence-corrected chi connectivity index (χ3v) is 3.56. The number of rotatable bonds is 4. The molecular formula is C10H22N4S. The van der Waals surface area contributed by atoms with E-state index in [0.717, 1.165) is 25.0 Å². The Bertz CT molecular complexity index is 200. The topological polar surface area (TPSA) is 62.4 Å². The molecule has 5 heteroatoms. The number of aliphatic imine (C=N–C) groups is 1. The molecule has 1 atom stereocenters. The first-order valence-corrected chi connectivity index (χ1v) is 6.70. The summed E-state index contributed by atoms with van der Waals surface area (Å²) in [6, 6.07) is 0. The lowest BCUT2D eigenvalue weighted by atomic mass is 10.1. The first-order valence-electron chi connectivity index (χ1n) is 5.55. The van der Waals surface area contributed by atoms with Gasteiger partial charge in [0.15, 0.2) is 0 Å². The molecule has 4 nitrogen and oxygen atoms in total. The van der Waals surface area contributed by atoms with E-state index < -0.39 is 0 Å². The summed E-state index contributed by atoms with van der Waals surface area (Å²) in [4.78, 5) is 4.37. The molecule has 1 saturated heterocycles. The smallest absolute Gasteiger partial charge is 0.205 e. The Balaban J connectivity index is 2.23. The van der Waals surface area contributed by atoms with E-state index in [1.807, 2.05) is 11.8 Å². The molecule has 15 heavy (non-hydrogen) atoms. The molecule has 1 heterocycles. The highest BCUT2D eigenvalue weighted by molar-refractivity contribution is 7.99. The van der Waals surface area contributed by atoms with Crippen molar-refractivity contribution in [3.63, 3.8) is 0 Å². The van der Waals surface area contributed by atoms with E-state index in [1.54, 1.807) is 0 Å². The van der Waals surface area contributed by atoms with E-state index in [9.17, 15) is 0 Å². The van der Waals surface area contributed by atoms with Crippen LogP contribution in [0, 0.1) is 11.8 Å². The fourth-order valence-corrected chi connectivity index (χ4v) is 2.70. The number of nitrogens with two attached hydrogens (primary N) is 1. The molecule has 0 aromatic carbocycles. The molecule has 1 unspecified atom stereocenters. The molecule has 0 radical (unpaired) electrons. The number of hydrogen-bond donors (Lipinski definition) is 3. The van der Waals surface area contributed by atoms with Gasteiger partial charge in [0.05, 0.1) is 0 Å². The first kappa shape index (κ1) is 12.6. The SMILES string of the molecule is CC(C)CN=C(NN)NCC1CCSC1. The summed E-state index contributed by atoms with van der Waals surface area (Å²) in [5.74, 6) is 10.0. The number of thioether (sulfide) groups is 1. The molecule has 0 aliphatic carbocycles. The van der Waals surface area contributed by atoms with Crippen LogP contribution in [0.3, 0.4) is 0 Å². The Morgan fingerprint density at radius 1 is 1.60 bits per heavy atom. The van der Waals surface area contributed by atoms with Gasteiger partial charge in [0.2, 0.25) is 5.96 Å². The second-order valence-corrected chi connectivity index (χ2v) is 5.49. The molecule has 1 rings (SSSR count). The molecular weight excluding hydrogens is 208 g/mol. The van der Waals surface area contributed by atoms with Crippen molar-refractivity contribution >= 4 is 17.7 Å². The quantitative estimate of drug-likeness (QED) is 0.289. The predicted octanol–water partition coefficient (Wildman–Crippen LogP) is 0.804. The Labute approximate surface area is 96.4 Å². The Kier molecular flexibility index (Phi) is 5.86. The predicted molar refractivity (Wildman–Crippen MR) is 67.9 cm³/mol. The van der Waals surface area contributed by atoms with Crippen LogP contribution in [0.15, 0.2) is 4.99 Å². The van der Waals surface area contributed by atoms with Crippen molar-refractivity contribution < 1.29 is 0 Å². The number of nitrogens with zero attached hydrogens (tertiary/aromatic N) is 1. The number of hydrazine groups is 1. The number of hydrogen-bond acceptors (Lipinski definition) is 3. The molecule has 0 bridgehead atoms. The van der Waals surface area contributed by atoms with E-state index in [-0.39, 0.29) is 0 Å². The summed E-state index contributed by atoms with van der Waals surface area (Å²) in [5, 5.41) is 3.27. The van der Waals surface area contributed by atoms with Gasteiger partial charge in [-0.1, -0.05) is 13.8 Å². The van der Waals surface area contributed by atoms with E-state index >= 15 is 0 Å². The number of guanidine groups is 1. The largest absolute Gasteiger partial charge is 0.355 e. The van der Waals surface area contributed by atoms with Crippen LogP contribution in [0.25, 0.3) is 0 Å². The summed E-state index contributed by atoms with van der Waals surface area (Å²) in [7, 11) is 0. The van der Waals surface area contributed by atoms with Crippen LogP contribution < -0.4 is 16.6 Å². The molecule has 0 aromatic heterocycles. The maximum atomic E-state index is 5.40. The zero-order valence-corrected chi connectivity index (χ0v) is 10.4. The zero-order chi connectivity index (χ0) is 11.1. The first-order chi connectivity index (χ1) is 7.22. The standard InChI is InChI=1S/C10H22N4S/c1-8(2)5-12-10(14-11)13-6-9-3-4-15-7-9/h8-9H,3-7,11H2,1-2H3,(H2,12,13,14). The molecule has 0 spiro atoms. The second-order valence-electron chi connectivity index (χ2n) is 4.34. The van der Waals surface area contributed by atoms with Gasteiger partial charge < -0.3 is 5.32 Å². The summed E-state index contributed by atoms with van der Waals surface area (Å²) in [5.41, 5.74) is 2.61. The van der Waals surface area contributed by atoms with Crippen LogP contribution >= 0.6 is 11.8 Å². The average Bonchev–Trinajstić information content (AvgIpc) is 2.70. The van der Waals surface area contributed by atoms with Crippen molar-refractivity contribution in [3.05, 3.63) is 0 Å². The number of nitrogens with one attached hydrogen (secondary N) is 2. The van der Waals surface area contributed by atoms with Crippen molar-refractivity contribution in [2.75, 3.05) is 24.6 Å². The van der Waals surface area contributed by atoms with Crippen molar-refractivity contribution in [2.24, 2.45) is 22.7 Å². The molecule has 1 aliphatic rings. The fourth-order valence-electron chi connectivity index (χ4n) is 1.41. The lowest BCUT2D eigenvalue weighted by Crippen LogP contribution is -2.43. The minimum Gasteiger partial charge on any atom is -0.355 e. The summed E-state index contributed by atoms with van der Waals surface area (Å²) < 4.78 is 0. The molecule has 0 amide bonds. The Morgan fingerprint density at radius 3 is 2.93 bits per heavy atom. The zero-order valence-electron chi connectivity index (χ0n) is 9.62. The summed E-state index contributed by atoms with van der Waals surface area (Å²) >= 11 is 2.03. The Hall–Kier alpha value is -0.420. The van der Waals surface area contributed by atoms with Crippen molar-refractivity contribution in [1.82, 2.24) is 10.7 Å². The van der Waals surface area contributed by atoms with Crippen LogP contribution in [0.5, 0.6) is 0 Å². The van der Waals surface area contributed by atoms with Crippen LogP contribution in [-0.4, -0.2) is 30.6 Å². The van der Waals surface area contributed by atoms with E-state index in [0.29, 0.717) is 5.92 Å². The molecule has 88 valence electrons. The highest BCUT2D eigenvalue weighted by Gasteiger charge is 2.15. The van der Waals surface area contributed by atoms with Gasteiger partial charge in [0.1, 0.15) is 0 Å². The fraction of sp³-hybridized carbons (Fsp3) is 0.900. The highest BCUT2D eigenvalue weighted by atomic mass is 32.2. The minimum atomic E-state index is 0.567. The lowest BCUT2D eigenvalue weighted by Gasteiger charge is -2.13. The third kappa shape index (κ3) is 5.28. The average molecular weight is 230 g/mol. The molecule has 1 aliphatic heterocycles. The molecule has 1 fully saturated rings. The van der Waals surface area contributed by atoms with Crippen molar-refractivity contribution in [1.29, 1.82) is 0 Å². The van der Waals surface area contributed by atoms with Gasteiger partial charge in [-0.25, -0.2) is 5.84 Å². The second kappa shape index (κ2) is 6.95. The van der Waals surface area contributed by atoms with E-state index in [4.69, 9.17) is 5.84 Å². The van der Waals surface area contributed by atoms with Crippen LogP contribution in [0.2, 0.25) is 0 Å². The van der Waals surface area contributed by atoms with Gasteiger partial charge in [-0.2, -0.15) is 11.8 Å². The van der Waals surface area contributed by atoms with Gasteiger partial charge in [-0.15, -0.1) is 0 Å². The Morgan fingerprint density at radius 2 is 2.40 bits per heavy atom. The van der Waals surface area contributed by atoms with E-state index in [2.05, 4.69) is 29.6 Å².